The maximum atomic E-state index is 12.7. The number of nitrogens with zero attached hydrogens (tertiary/aromatic N) is 4. The van der Waals surface area contributed by atoms with Crippen molar-refractivity contribution in [3.63, 3.8) is 0 Å². The van der Waals surface area contributed by atoms with Gasteiger partial charge in [-0.2, -0.15) is 40.2 Å². The van der Waals surface area contributed by atoms with Gasteiger partial charge < -0.3 is 10.8 Å². The Morgan fingerprint density at radius 1 is 1.11 bits per heavy atom. The van der Waals surface area contributed by atoms with Crippen LogP contribution in [0.3, 0.4) is 0 Å². The molecule has 3 rings (SSSR count). The number of aromatic nitrogens is 4. The highest BCUT2D eigenvalue weighted by atomic mass is 32.1. The molecule has 0 bridgehead atoms. The zero-order valence-electron chi connectivity index (χ0n) is 17.6. The molecule has 8 nitrogen and oxygen atoms in total. The van der Waals surface area contributed by atoms with E-state index in [1.165, 1.54) is 28.3 Å². The summed E-state index contributed by atoms with van der Waals surface area (Å²) in [6, 6.07) is 3.93. The molecule has 36 heavy (non-hydrogen) atoms. The summed E-state index contributed by atoms with van der Waals surface area (Å²) in [5.41, 5.74) is 4.45. The van der Waals surface area contributed by atoms with Crippen LogP contribution >= 0.6 is 11.3 Å². The van der Waals surface area contributed by atoms with Crippen LogP contribution in [0.2, 0.25) is 0 Å². The van der Waals surface area contributed by atoms with Crippen LogP contribution in [0.4, 0.5) is 35.1 Å². The lowest BCUT2D eigenvalue weighted by Gasteiger charge is -2.05. The molecule has 3 heterocycles. The lowest BCUT2D eigenvalue weighted by Crippen LogP contribution is -2.27. The predicted octanol–water partition coefficient (Wildman–Crippen LogP) is 3.98. The van der Waals surface area contributed by atoms with Crippen molar-refractivity contribution in [3.8, 4) is 11.1 Å². The number of carboxylic acid groups (broad SMARTS) is 1. The van der Waals surface area contributed by atoms with Crippen molar-refractivity contribution in [3.05, 3.63) is 68.8 Å². The SMILES string of the molecule is NCC(Cn1ncn(Cc2cc(-c3ccc(C(F)(F)F)nc3)cs2)c1=O)=C(F)F.O=C(O)C(F)(F)F. The number of hydrogen-bond donors (Lipinski definition) is 2. The van der Waals surface area contributed by atoms with E-state index in [0.717, 1.165) is 21.8 Å². The molecule has 0 saturated heterocycles. The van der Waals surface area contributed by atoms with Crippen molar-refractivity contribution in [2.45, 2.75) is 25.4 Å². The van der Waals surface area contributed by atoms with Crippen molar-refractivity contribution in [1.82, 2.24) is 19.3 Å². The number of rotatable bonds is 6. The first-order chi connectivity index (χ1) is 16.6. The lowest BCUT2D eigenvalue weighted by molar-refractivity contribution is -0.192. The molecule has 0 radical (unpaired) electrons. The molecule has 0 atom stereocenters. The van der Waals surface area contributed by atoms with Gasteiger partial charge in [0.1, 0.15) is 12.0 Å². The summed E-state index contributed by atoms with van der Waals surface area (Å²) in [4.78, 5) is 25.3. The second kappa shape index (κ2) is 11.4. The highest BCUT2D eigenvalue weighted by molar-refractivity contribution is 7.10. The molecule has 0 aliphatic carbocycles. The number of alkyl halides is 6. The van der Waals surface area contributed by atoms with E-state index in [9.17, 15) is 39.9 Å². The number of hydrogen-bond acceptors (Lipinski definition) is 6. The van der Waals surface area contributed by atoms with E-state index >= 15 is 0 Å². The maximum absolute atomic E-state index is 12.7. The van der Waals surface area contributed by atoms with Gasteiger partial charge in [0.25, 0.3) is 6.08 Å². The van der Waals surface area contributed by atoms with E-state index in [-0.39, 0.29) is 12.1 Å². The third-order valence-corrected chi connectivity index (χ3v) is 5.18. The molecule has 0 aliphatic rings. The minimum atomic E-state index is -5.08. The van der Waals surface area contributed by atoms with Gasteiger partial charge in [0.15, 0.2) is 0 Å². The lowest BCUT2D eigenvalue weighted by atomic mass is 10.1. The second-order valence-electron chi connectivity index (χ2n) is 6.80. The molecule has 0 spiro atoms. The highest BCUT2D eigenvalue weighted by Gasteiger charge is 2.38. The zero-order chi connectivity index (χ0) is 27.3. The standard InChI is InChI=1S/C17H14F5N5OS.C2HF3O2/c18-15(19)12(4-23)6-27-16(28)26(9-25-27)7-13-3-11(8-29-13)10-1-2-14(24-5-10)17(20,21)22;3-2(4,5)1(6)7/h1-3,5,8-9H,4,6-7,23H2;(H,6,7). The summed E-state index contributed by atoms with van der Waals surface area (Å²) in [5, 5.41) is 12.7. The Labute approximate surface area is 199 Å². The van der Waals surface area contributed by atoms with Crippen LogP contribution in [-0.4, -0.2) is 43.1 Å². The Morgan fingerprint density at radius 2 is 1.75 bits per heavy atom. The molecular formula is C19H15F8N5O3S. The molecular weight excluding hydrogens is 530 g/mol. The van der Waals surface area contributed by atoms with Crippen molar-refractivity contribution < 1.29 is 45.0 Å². The predicted molar refractivity (Wildman–Crippen MR) is 110 cm³/mol. The van der Waals surface area contributed by atoms with E-state index < -0.39 is 48.9 Å². The molecule has 0 amide bonds. The summed E-state index contributed by atoms with van der Waals surface area (Å²) in [7, 11) is 0. The summed E-state index contributed by atoms with van der Waals surface area (Å²) < 4.78 is 97.1. The van der Waals surface area contributed by atoms with Crippen molar-refractivity contribution in [1.29, 1.82) is 0 Å². The number of carboxylic acids is 1. The molecule has 3 aromatic heterocycles. The van der Waals surface area contributed by atoms with Gasteiger partial charge in [0.05, 0.1) is 13.1 Å². The largest absolute Gasteiger partial charge is 0.490 e. The molecule has 0 aliphatic heterocycles. The maximum Gasteiger partial charge on any atom is 0.490 e. The fourth-order valence-corrected chi connectivity index (χ4v) is 3.38. The molecule has 17 heteroatoms. The average molecular weight is 545 g/mol. The minimum Gasteiger partial charge on any atom is -0.475 e. The van der Waals surface area contributed by atoms with Gasteiger partial charge in [-0.25, -0.2) is 14.3 Å². The Hall–Kier alpha value is -3.60. The van der Waals surface area contributed by atoms with Crippen LogP contribution in [0.15, 0.2) is 52.6 Å². The first-order valence-corrected chi connectivity index (χ1v) is 10.3. The quantitative estimate of drug-likeness (QED) is 0.453. The van der Waals surface area contributed by atoms with Crippen molar-refractivity contribution in [2.75, 3.05) is 6.54 Å². The van der Waals surface area contributed by atoms with E-state index in [2.05, 4.69) is 10.1 Å². The Bertz CT molecular complexity index is 1270. The monoisotopic (exact) mass is 545 g/mol. The topological polar surface area (TPSA) is 116 Å². The van der Waals surface area contributed by atoms with Crippen LogP contribution < -0.4 is 11.4 Å². The summed E-state index contributed by atoms with van der Waals surface area (Å²) in [6.07, 6.45) is -9.18. The number of pyridine rings is 1. The number of nitrogens with two attached hydrogens (primary N) is 1. The van der Waals surface area contributed by atoms with Gasteiger partial charge in [-0.3, -0.25) is 9.55 Å². The van der Waals surface area contributed by atoms with Gasteiger partial charge in [0.2, 0.25) is 0 Å². The zero-order valence-corrected chi connectivity index (χ0v) is 18.5. The Morgan fingerprint density at radius 3 is 2.22 bits per heavy atom. The third kappa shape index (κ3) is 7.70. The molecule has 0 saturated carbocycles. The van der Waals surface area contributed by atoms with Crippen molar-refractivity contribution >= 4 is 17.3 Å². The summed E-state index contributed by atoms with van der Waals surface area (Å²) in [6.45, 7) is -0.661. The summed E-state index contributed by atoms with van der Waals surface area (Å²) in [5.74, 6) is -2.76. The fourth-order valence-electron chi connectivity index (χ4n) is 2.49. The fraction of sp³-hybridized carbons (Fsp3) is 0.263. The van der Waals surface area contributed by atoms with Crippen molar-refractivity contribution in [2.24, 2.45) is 5.73 Å². The van der Waals surface area contributed by atoms with E-state index in [1.54, 1.807) is 11.4 Å². The Balaban J connectivity index is 0.000000572. The Kier molecular flexibility index (Phi) is 9.09. The van der Waals surface area contributed by atoms with E-state index in [4.69, 9.17) is 15.6 Å². The van der Waals surface area contributed by atoms with E-state index in [0.29, 0.717) is 11.1 Å². The third-order valence-electron chi connectivity index (χ3n) is 4.26. The van der Waals surface area contributed by atoms with Gasteiger partial charge in [-0.05, 0) is 23.1 Å². The van der Waals surface area contributed by atoms with Gasteiger partial charge in [0, 0.05) is 28.8 Å². The van der Waals surface area contributed by atoms with Gasteiger partial charge >= 0.3 is 24.0 Å². The molecule has 3 aromatic rings. The van der Waals surface area contributed by atoms with Crippen LogP contribution in [0.1, 0.15) is 10.6 Å². The van der Waals surface area contributed by atoms with Gasteiger partial charge in [-0.1, -0.05) is 6.07 Å². The average Bonchev–Trinajstić information content (AvgIpc) is 3.38. The normalized spacial score (nSPS) is 11.6. The van der Waals surface area contributed by atoms with Crippen LogP contribution in [0.5, 0.6) is 0 Å². The first-order valence-electron chi connectivity index (χ1n) is 9.40. The number of carbonyl (C=O) groups is 1. The molecule has 0 unspecified atom stereocenters. The first kappa shape index (κ1) is 28.6. The number of halogens is 8. The minimum absolute atomic E-state index is 0.136. The van der Waals surface area contributed by atoms with Crippen LogP contribution in [-0.2, 0) is 24.1 Å². The molecule has 3 N–H and O–H groups in total. The highest BCUT2D eigenvalue weighted by Crippen LogP contribution is 2.30. The smallest absolute Gasteiger partial charge is 0.475 e. The van der Waals surface area contributed by atoms with Crippen LogP contribution in [0.25, 0.3) is 11.1 Å². The second-order valence-corrected chi connectivity index (χ2v) is 7.80. The summed E-state index contributed by atoms with van der Waals surface area (Å²) >= 11 is 1.29. The molecule has 0 aromatic carbocycles. The number of thiophene rings is 1. The number of aliphatic carboxylic acids is 1. The van der Waals surface area contributed by atoms with E-state index in [1.807, 2.05) is 0 Å². The van der Waals surface area contributed by atoms with Gasteiger partial charge in [-0.15, -0.1) is 11.3 Å². The molecule has 196 valence electrons. The van der Waals surface area contributed by atoms with Crippen LogP contribution in [0, 0.1) is 0 Å². The molecule has 0 fully saturated rings.